The molecular formula is C16H27N3O3. The number of amides is 2. The van der Waals surface area contributed by atoms with Gasteiger partial charge in [-0.25, -0.2) is 4.79 Å². The van der Waals surface area contributed by atoms with Crippen LogP contribution in [-0.2, 0) is 4.74 Å². The fourth-order valence-corrected chi connectivity index (χ4v) is 3.30. The summed E-state index contributed by atoms with van der Waals surface area (Å²) in [5.74, 6) is 0.737. The molecule has 2 amide bonds. The van der Waals surface area contributed by atoms with E-state index in [-0.39, 0.29) is 29.1 Å². The van der Waals surface area contributed by atoms with Gasteiger partial charge in [0.15, 0.2) is 0 Å². The maximum Gasteiger partial charge on any atom is 0.315 e. The van der Waals surface area contributed by atoms with Crippen molar-refractivity contribution in [2.24, 2.45) is 5.41 Å². The summed E-state index contributed by atoms with van der Waals surface area (Å²) in [7, 11) is 1.72. The Bertz CT molecular complexity index is 547. The van der Waals surface area contributed by atoms with Crippen LogP contribution in [0.5, 0.6) is 0 Å². The topological polar surface area (TPSA) is 76.4 Å². The summed E-state index contributed by atoms with van der Waals surface area (Å²) in [4.78, 5) is 12.2. The van der Waals surface area contributed by atoms with Crippen molar-refractivity contribution >= 4 is 6.03 Å². The highest BCUT2D eigenvalue weighted by molar-refractivity contribution is 5.75. The first kappa shape index (κ1) is 16.8. The first-order chi connectivity index (χ1) is 10.1. The number of hydrogen-bond acceptors (Lipinski definition) is 4. The lowest BCUT2D eigenvalue weighted by atomic mass is 9.56. The summed E-state index contributed by atoms with van der Waals surface area (Å²) in [6.45, 7) is 12.0. The van der Waals surface area contributed by atoms with E-state index in [1.54, 1.807) is 7.11 Å². The average Bonchev–Trinajstić information content (AvgIpc) is 2.77. The maximum atomic E-state index is 12.2. The third kappa shape index (κ3) is 2.60. The van der Waals surface area contributed by atoms with Crippen LogP contribution in [0.2, 0.25) is 0 Å². The molecule has 2 rings (SSSR count). The number of hydrogen-bond donors (Lipinski definition) is 2. The molecule has 6 heteroatoms. The molecule has 0 bridgehead atoms. The van der Waals surface area contributed by atoms with Crippen LogP contribution in [0.3, 0.4) is 0 Å². The number of aromatic nitrogens is 1. The van der Waals surface area contributed by atoms with E-state index in [1.165, 1.54) is 0 Å². The lowest BCUT2D eigenvalue weighted by Crippen LogP contribution is -2.69. The first-order valence-electron chi connectivity index (χ1n) is 7.67. The number of carbonyl (C=O) groups is 1. The molecule has 0 saturated heterocycles. The molecular weight excluding hydrogens is 282 g/mol. The number of urea groups is 1. The van der Waals surface area contributed by atoms with E-state index in [9.17, 15) is 4.79 Å². The molecule has 1 aliphatic carbocycles. The number of nitrogens with one attached hydrogen (secondary N) is 2. The van der Waals surface area contributed by atoms with Crippen molar-refractivity contribution in [1.82, 2.24) is 15.8 Å². The molecule has 6 nitrogen and oxygen atoms in total. The highest BCUT2D eigenvalue weighted by atomic mass is 16.5. The number of nitrogens with zero attached hydrogens (tertiary/aromatic N) is 1. The van der Waals surface area contributed by atoms with Crippen LogP contribution >= 0.6 is 0 Å². The molecule has 1 heterocycles. The minimum absolute atomic E-state index is 0.0920. The van der Waals surface area contributed by atoms with E-state index in [4.69, 9.17) is 9.26 Å². The molecule has 0 radical (unpaired) electrons. The average molecular weight is 309 g/mol. The second kappa shape index (κ2) is 5.57. The van der Waals surface area contributed by atoms with Gasteiger partial charge in [-0.05, 0) is 34.1 Å². The van der Waals surface area contributed by atoms with E-state index in [2.05, 4.69) is 36.6 Å². The van der Waals surface area contributed by atoms with Crippen molar-refractivity contribution in [1.29, 1.82) is 0 Å². The molecule has 0 aromatic carbocycles. The quantitative estimate of drug-likeness (QED) is 0.896. The molecule has 1 aromatic rings. The third-order valence-corrected chi connectivity index (χ3v) is 5.45. The smallest absolute Gasteiger partial charge is 0.315 e. The van der Waals surface area contributed by atoms with Gasteiger partial charge in [0.1, 0.15) is 5.76 Å². The van der Waals surface area contributed by atoms with Crippen molar-refractivity contribution in [3.05, 3.63) is 17.0 Å². The van der Waals surface area contributed by atoms with Crippen LogP contribution in [-0.4, -0.2) is 29.9 Å². The zero-order valence-corrected chi connectivity index (χ0v) is 14.5. The van der Waals surface area contributed by atoms with Gasteiger partial charge in [-0.2, -0.15) is 0 Å². The summed E-state index contributed by atoms with van der Waals surface area (Å²) in [6, 6.07) is -0.235. The molecule has 1 fully saturated rings. The number of ether oxygens (including phenoxy) is 1. The summed E-state index contributed by atoms with van der Waals surface area (Å²) in [5, 5.41) is 9.92. The minimum Gasteiger partial charge on any atom is -0.378 e. The van der Waals surface area contributed by atoms with Crippen LogP contribution in [0, 0.1) is 19.3 Å². The van der Waals surface area contributed by atoms with Crippen molar-refractivity contribution in [2.45, 2.75) is 65.6 Å². The third-order valence-electron chi connectivity index (χ3n) is 5.45. The monoisotopic (exact) mass is 309 g/mol. The van der Waals surface area contributed by atoms with E-state index < -0.39 is 0 Å². The van der Waals surface area contributed by atoms with Gasteiger partial charge in [0.25, 0.3) is 0 Å². The molecule has 0 aliphatic heterocycles. The van der Waals surface area contributed by atoms with Crippen LogP contribution in [0.1, 0.15) is 57.2 Å². The van der Waals surface area contributed by atoms with E-state index in [0.29, 0.717) is 0 Å². The van der Waals surface area contributed by atoms with Gasteiger partial charge < -0.3 is 19.9 Å². The highest BCUT2D eigenvalue weighted by Crippen LogP contribution is 2.51. The Kier molecular flexibility index (Phi) is 4.26. The molecule has 1 aliphatic rings. The summed E-state index contributed by atoms with van der Waals surface area (Å²) < 4.78 is 10.7. The normalized spacial score (nSPS) is 27.9. The number of carbonyl (C=O) groups excluding carboxylic acids is 1. The van der Waals surface area contributed by atoms with Gasteiger partial charge in [-0.3, -0.25) is 0 Å². The van der Waals surface area contributed by atoms with Gasteiger partial charge >= 0.3 is 6.03 Å². The summed E-state index contributed by atoms with van der Waals surface area (Å²) in [6.07, 6.45) is 0.809. The molecule has 3 atom stereocenters. The minimum atomic E-state index is -0.196. The SMILES string of the molecule is CO[C@]1(C)C[C@@H](NC(=O)N[C@@H](C)c2c(C)noc2C)C1(C)C. The zero-order chi connectivity index (χ0) is 16.7. The van der Waals surface area contributed by atoms with Crippen molar-refractivity contribution < 1.29 is 14.1 Å². The fraction of sp³-hybridized carbons (Fsp3) is 0.750. The molecule has 1 aromatic heterocycles. The van der Waals surface area contributed by atoms with Crippen LogP contribution < -0.4 is 10.6 Å². The largest absolute Gasteiger partial charge is 0.378 e. The van der Waals surface area contributed by atoms with Gasteiger partial charge in [0.05, 0.1) is 17.3 Å². The maximum absolute atomic E-state index is 12.2. The van der Waals surface area contributed by atoms with Gasteiger partial charge in [-0.15, -0.1) is 0 Å². The molecule has 0 unspecified atom stereocenters. The van der Waals surface area contributed by atoms with E-state index in [1.807, 2.05) is 20.8 Å². The van der Waals surface area contributed by atoms with E-state index in [0.717, 1.165) is 23.4 Å². The fourth-order valence-electron chi connectivity index (χ4n) is 3.30. The molecule has 2 N–H and O–H groups in total. The van der Waals surface area contributed by atoms with E-state index >= 15 is 0 Å². The lowest BCUT2D eigenvalue weighted by molar-refractivity contribution is -0.177. The van der Waals surface area contributed by atoms with Crippen molar-refractivity contribution in [3.63, 3.8) is 0 Å². The zero-order valence-electron chi connectivity index (χ0n) is 14.5. The predicted molar refractivity (Wildman–Crippen MR) is 83.7 cm³/mol. The number of rotatable bonds is 4. The Morgan fingerprint density at radius 2 is 2.05 bits per heavy atom. The van der Waals surface area contributed by atoms with Crippen molar-refractivity contribution in [2.75, 3.05) is 7.11 Å². The van der Waals surface area contributed by atoms with Gasteiger partial charge in [0.2, 0.25) is 0 Å². The van der Waals surface area contributed by atoms with Crippen LogP contribution in [0.15, 0.2) is 4.52 Å². The Hall–Kier alpha value is -1.56. The van der Waals surface area contributed by atoms with Gasteiger partial charge in [0, 0.05) is 24.1 Å². The summed E-state index contributed by atoms with van der Waals surface area (Å²) >= 11 is 0. The van der Waals surface area contributed by atoms with Crippen LogP contribution in [0.4, 0.5) is 4.79 Å². The predicted octanol–water partition coefficient (Wildman–Crippen LogP) is 2.86. The van der Waals surface area contributed by atoms with Gasteiger partial charge in [-0.1, -0.05) is 19.0 Å². The Labute approximate surface area is 132 Å². The number of methoxy groups -OCH3 is 1. The standard InChI is InChI=1S/C16H27N3O3/c1-9(13-10(2)19-22-11(13)3)17-14(20)18-12-8-16(6,21-7)15(12,4)5/h9,12H,8H2,1-7H3,(H2,17,18,20)/t9-,12+,16+/m0/s1. The second-order valence-corrected chi connectivity index (χ2v) is 6.99. The Morgan fingerprint density at radius 3 is 2.50 bits per heavy atom. The highest BCUT2D eigenvalue weighted by Gasteiger charge is 2.58. The molecule has 22 heavy (non-hydrogen) atoms. The molecule has 124 valence electrons. The second-order valence-electron chi connectivity index (χ2n) is 6.99. The molecule has 0 spiro atoms. The lowest BCUT2D eigenvalue weighted by Gasteiger charge is -2.59. The molecule has 1 saturated carbocycles. The Balaban J connectivity index is 1.95. The van der Waals surface area contributed by atoms with Crippen molar-refractivity contribution in [3.8, 4) is 0 Å². The van der Waals surface area contributed by atoms with Crippen LogP contribution in [0.25, 0.3) is 0 Å². The first-order valence-corrected chi connectivity index (χ1v) is 7.67. The Morgan fingerprint density at radius 1 is 1.41 bits per heavy atom. The summed E-state index contributed by atoms with van der Waals surface area (Å²) in [5.41, 5.74) is 1.44. The number of aryl methyl sites for hydroxylation is 2.